The van der Waals surface area contributed by atoms with Gasteiger partial charge in [0.25, 0.3) is 0 Å². The molecule has 0 unspecified atom stereocenters. The van der Waals surface area contributed by atoms with Gasteiger partial charge in [-0.3, -0.25) is 4.98 Å². The van der Waals surface area contributed by atoms with Crippen LogP contribution < -0.4 is 0 Å². The second-order valence-corrected chi connectivity index (χ2v) is 6.40. The van der Waals surface area contributed by atoms with Crippen molar-refractivity contribution in [3.63, 3.8) is 0 Å². The van der Waals surface area contributed by atoms with Crippen LogP contribution in [0.25, 0.3) is 33.8 Å². The van der Waals surface area contributed by atoms with Gasteiger partial charge < -0.3 is 0 Å². The van der Waals surface area contributed by atoms with Crippen molar-refractivity contribution in [3.05, 3.63) is 89.8 Å². The zero-order valence-electron chi connectivity index (χ0n) is 13.3. The Morgan fingerprint density at radius 2 is 1.36 bits per heavy atom. The first-order valence-corrected chi connectivity index (χ1v) is 8.70. The van der Waals surface area contributed by atoms with Crippen LogP contribution in [-0.2, 0) is 0 Å². The molecule has 120 valence electrons. The second-order valence-electron chi connectivity index (χ2n) is 5.58. The van der Waals surface area contributed by atoms with Crippen molar-refractivity contribution in [2.75, 3.05) is 0 Å². The SMILES string of the molecule is Brc1cc(-c2ccccc2)nc(-c2ccc(-c3cccnc3)cc2)n1. The van der Waals surface area contributed by atoms with Gasteiger partial charge in [0, 0.05) is 23.5 Å². The number of pyridine rings is 1. The Morgan fingerprint density at radius 1 is 0.640 bits per heavy atom. The van der Waals surface area contributed by atoms with Gasteiger partial charge in [0.1, 0.15) is 4.60 Å². The minimum atomic E-state index is 0.700. The summed E-state index contributed by atoms with van der Waals surface area (Å²) in [6.07, 6.45) is 3.64. The van der Waals surface area contributed by atoms with Gasteiger partial charge in [0.2, 0.25) is 0 Å². The zero-order chi connectivity index (χ0) is 17.1. The fraction of sp³-hybridized carbons (Fsp3) is 0. The van der Waals surface area contributed by atoms with Gasteiger partial charge in [-0.05, 0) is 39.2 Å². The standard InChI is InChI=1S/C21H14BrN3/c22-20-13-19(16-5-2-1-3-6-16)24-21(25-20)17-10-8-15(9-11-17)18-7-4-12-23-14-18/h1-14H. The molecule has 2 heterocycles. The molecule has 4 heteroatoms. The molecule has 3 nitrogen and oxygen atoms in total. The maximum absolute atomic E-state index is 4.72. The molecule has 0 bridgehead atoms. The summed E-state index contributed by atoms with van der Waals surface area (Å²) < 4.78 is 0.771. The molecule has 0 amide bonds. The van der Waals surface area contributed by atoms with Crippen molar-refractivity contribution >= 4 is 15.9 Å². The lowest BCUT2D eigenvalue weighted by Gasteiger charge is -2.07. The summed E-state index contributed by atoms with van der Waals surface area (Å²) in [5.74, 6) is 0.700. The first kappa shape index (κ1) is 15.7. The van der Waals surface area contributed by atoms with Crippen LogP contribution in [-0.4, -0.2) is 15.0 Å². The lowest BCUT2D eigenvalue weighted by atomic mass is 10.1. The third-order valence-corrected chi connectivity index (χ3v) is 4.31. The van der Waals surface area contributed by atoms with Crippen molar-refractivity contribution in [3.8, 4) is 33.8 Å². The number of hydrogen-bond donors (Lipinski definition) is 0. The van der Waals surface area contributed by atoms with E-state index in [9.17, 15) is 0 Å². The Morgan fingerprint density at radius 3 is 2.08 bits per heavy atom. The van der Waals surface area contributed by atoms with E-state index in [1.807, 2.05) is 66.9 Å². The minimum Gasteiger partial charge on any atom is -0.264 e. The Hall–Kier alpha value is -2.85. The molecule has 4 rings (SSSR count). The Kier molecular flexibility index (Phi) is 4.36. The first-order chi connectivity index (χ1) is 12.3. The van der Waals surface area contributed by atoms with Crippen LogP contribution in [0.1, 0.15) is 0 Å². The van der Waals surface area contributed by atoms with E-state index < -0.39 is 0 Å². The van der Waals surface area contributed by atoms with Gasteiger partial charge in [0.05, 0.1) is 5.69 Å². The minimum absolute atomic E-state index is 0.700. The number of hydrogen-bond acceptors (Lipinski definition) is 3. The highest BCUT2D eigenvalue weighted by atomic mass is 79.9. The van der Waals surface area contributed by atoms with E-state index in [-0.39, 0.29) is 0 Å². The monoisotopic (exact) mass is 387 g/mol. The van der Waals surface area contributed by atoms with Gasteiger partial charge in [-0.25, -0.2) is 9.97 Å². The molecule has 0 saturated carbocycles. The van der Waals surface area contributed by atoms with Crippen LogP contribution in [0.15, 0.2) is 89.8 Å². The highest BCUT2D eigenvalue weighted by Crippen LogP contribution is 2.26. The molecule has 0 fully saturated rings. The summed E-state index contributed by atoms with van der Waals surface area (Å²) in [4.78, 5) is 13.4. The zero-order valence-corrected chi connectivity index (χ0v) is 14.9. The van der Waals surface area contributed by atoms with E-state index in [0.29, 0.717) is 5.82 Å². The van der Waals surface area contributed by atoms with Crippen LogP contribution in [0.5, 0.6) is 0 Å². The number of rotatable bonds is 3. The molecule has 0 N–H and O–H groups in total. The molecule has 0 aliphatic heterocycles. The molecule has 25 heavy (non-hydrogen) atoms. The van der Waals surface area contributed by atoms with E-state index in [0.717, 1.165) is 32.6 Å². The molecule has 2 aromatic heterocycles. The summed E-state index contributed by atoms with van der Waals surface area (Å²) in [6, 6.07) is 24.2. The van der Waals surface area contributed by atoms with E-state index in [1.165, 1.54) is 0 Å². The molecular weight excluding hydrogens is 374 g/mol. The van der Waals surface area contributed by atoms with Gasteiger partial charge in [-0.1, -0.05) is 60.7 Å². The highest BCUT2D eigenvalue weighted by molar-refractivity contribution is 9.10. The van der Waals surface area contributed by atoms with Crippen molar-refractivity contribution in [2.24, 2.45) is 0 Å². The number of aromatic nitrogens is 3. The molecule has 0 atom stereocenters. The third kappa shape index (κ3) is 3.49. The maximum Gasteiger partial charge on any atom is 0.161 e. The van der Waals surface area contributed by atoms with Crippen LogP contribution in [0, 0.1) is 0 Å². The van der Waals surface area contributed by atoms with Crippen molar-refractivity contribution in [2.45, 2.75) is 0 Å². The van der Waals surface area contributed by atoms with Crippen molar-refractivity contribution in [1.29, 1.82) is 0 Å². The van der Waals surface area contributed by atoms with Crippen LogP contribution in [0.2, 0.25) is 0 Å². The van der Waals surface area contributed by atoms with Crippen LogP contribution in [0.3, 0.4) is 0 Å². The maximum atomic E-state index is 4.72. The Balaban J connectivity index is 1.71. The lowest BCUT2D eigenvalue weighted by Crippen LogP contribution is -1.93. The first-order valence-electron chi connectivity index (χ1n) is 7.90. The normalized spacial score (nSPS) is 10.6. The number of nitrogens with zero attached hydrogens (tertiary/aromatic N) is 3. The summed E-state index contributed by atoms with van der Waals surface area (Å²) >= 11 is 3.50. The van der Waals surface area contributed by atoms with Crippen LogP contribution in [0.4, 0.5) is 0 Å². The average Bonchev–Trinajstić information content (AvgIpc) is 2.69. The van der Waals surface area contributed by atoms with E-state index in [1.54, 1.807) is 6.20 Å². The molecule has 0 radical (unpaired) electrons. The average molecular weight is 388 g/mol. The second kappa shape index (κ2) is 6.95. The molecule has 2 aromatic carbocycles. The Bertz CT molecular complexity index is 985. The smallest absolute Gasteiger partial charge is 0.161 e. The van der Waals surface area contributed by atoms with Crippen molar-refractivity contribution < 1.29 is 0 Å². The van der Waals surface area contributed by atoms with E-state index >= 15 is 0 Å². The van der Waals surface area contributed by atoms with E-state index in [4.69, 9.17) is 4.98 Å². The molecular formula is C21H14BrN3. The van der Waals surface area contributed by atoms with Gasteiger partial charge in [-0.15, -0.1) is 0 Å². The molecule has 0 aliphatic carbocycles. The quantitative estimate of drug-likeness (QED) is 0.427. The van der Waals surface area contributed by atoms with Crippen LogP contribution >= 0.6 is 15.9 Å². The highest BCUT2D eigenvalue weighted by Gasteiger charge is 2.08. The summed E-state index contributed by atoms with van der Waals surface area (Å²) in [7, 11) is 0. The van der Waals surface area contributed by atoms with Gasteiger partial charge in [-0.2, -0.15) is 0 Å². The number of halogens is 1. The number of benzene rings is 2. The third-order valence-electron chi connectivity index (χ3n) is 3.90. The van der Waals surface area contributed by atoms with Gasteiger partial charge >= 0.3 is 0 Å². The molecule has 0 aliphatic rings. The molecule has 0 saturated heterocycles. The predicted molar refractivity (Wildman–Crippen MR) is 104 cm³/mol. The summed E-state index contributed by atoms with van der Waals surface area (Å²) in [5, 5.41) is 0. The summed E-state index contributed by atoms with van der Waals surface area (Å²) in [6.45, 7) is 0. The largest absolute Gasteiger partial charge is 0.264 e. The predicted octanol–water partition coefficient (Wildman–Crippen LogP) is 5.64. The fourth-order valence-corrected chi connectivity index (χ4v) is 3.03. The molecule has 4 aromatic rings. The van der Waals surface area contributed by atoms with Gasteiger partial charge in [0.15, 0.2) is 5.82 Å². The fourth-order valence-electron chi connectivity index (χ4n) is 2.65. The van der Waals surface area contributed by atoms with E-state index in [2.05, 4.69) is 38.0 Å². The molecule has 0 spiro atoms. The lowest BCUT2D eigenvalue weighted by molar-refractivity contribution is 1.15. The van der Waals surface area contributed by atoms with Crippen molar-refractivity contribution in [1.82, 2.24) is 15.0 Å². The topological polar surface area (TPSA) is 38.7 Å². The summed E-state index contributed by atoms with van der Waals surface area (Å²) in [5.41, 5.74) is 5.16. The Labute approximate surface area is 154 Å².